The van der Waals surface area contributed by atoms with E-state index in [1.807, 2.05) is 19.1 Å². The van der Waals surface area contributed by atoms with Gasteiger partial charge in [0.25, 0.3) is 0 Å². The van der Waals surface area contributed by atoms with Crippen LogP contribution in [0.5, 0.6) is 0 Å². The Morgan fingerprint density at radius 3 is 2.80 bits per heavy atom. The van der Waals surface area contributed by atoms with Crippen LogP contribution in [0.15, 0.2) is 30.3 Å². The molecule has 0 heterocycles. The van der Waals surface area contributed by atoms with Crippen LogP contribution in [0.4, 0.5) is 0 Å². The highest BCUT2D eigenvalue weighted by Crippen LogP contribution is 2.32. The largest absolute Gasteiger partial charge is 0.466 e. The van der Waals surface area contributed by atoms with Crippen molar-refractivity contribution in [3.05, 3.63) is 41.5 Å². The Labute approximate surface area is 119 Å². The standard InChI is InChI=1S/C17H20O3/c1-3-20-17(19)11-16(18)12(2)14-10-6-8-13-7-4-5-9-15(13)14/h4-5,7,9-10,12H,3,6,8,11H2,1-2H3. The molecule has 1 aromatic rings. The Morgan fingerprint density at radius 1 is 1.30 bits per heavy atom. The number of esters is 1. The summed E-state index contributed by atoms with van der Waals surface area (Å²) in [5.41, 5.74) is 3.46. The summed E-state index contributed by atoms with van der Waals surface area (Å²) in [6, 6.07) is 8.16. The van der Waals surface area contributed by atoms with E-state index < -0.39 is 5.97 Å². The van der Waals surface area contributed by atoms with Crippen molar-refractivity contribution in [2.24, 2.45) is 5.92 Å². The third-order valence-corrected chi connectivity index (χ3v) is 3.68. The number of ketones is 1. The molecular weight excluding hydrogens is 252 g/mol. The number of aryl methyl sites for hydroxylation is 1. The van der Waals surface area contributed by atoms with Crippen LogP contribution in [0.25, 0.3) is 5.57 Å². The number of rotatable bonds is 5. The van der Waals surface area contributed by atoms with Gasteiger partial charge in [0.1, 0.15) is 6.42 Å². The lowest BCUT2D eigenvalue weighted by Crippen LogP contribution is -2.20. The summed E-state index contributed by atoms with van der Waals surface area (Å²) in [5.74, 6) is -0.777. The van der Waals surface area contributed by atoms with Crippen LogP contribution < -0.4 is 0 Å². The van der Waals surface area contributed by atoms with Crippen molar-refractivity contribution in [3.63, 3.8) is 0 Å². The minimum atomic E-state index is -0.436. The molecule has 0 amide bonds. The van der Waals surface area contributed by atoms with E-state index >= 15 is 0 Å². The van der Waals surface area contributed by atoms with Gasteiger partial charge >= 0.3 is 5.97 Å². The fourth-order valence-corrected chi connectivity index (χ4v) is 2.60. The van der Waals surface area contributed by atoms with Crippen molar-refractivity contribution >= 4 is 17.3 Å². The Kier molecular flexibility index (Phi) is 4.72. The SMILES string of the molecule is CCOC(=O)CC(=O)C(C)C1=CCCc2ccccc21. The van der Waals surface area contributed by atoms with E-state index in [0.29, 0.717) is 6.61 Å². The van der Waals surface area contributed by atoms with Gasteiger partial charge < -0.3 is 4.74 Å². The predicted molar refractivity (Wildman–Crippen MR) is 78.2 cm³/mol. The van der Waals surface area contributed by atoms with Gasteiger partial charge in [0.15, 0.2) is 5.78 Å². The maximum atomic E-state index is 12.2. The number of hydrogen-bond acceptors (Lipinski definition) is 3. The molecule has 1 unspecified atom stereocenters. The topological polar surface area (TPSA) is 43.4 Å². The number of carbonyl (C=O) groups excluding carboxylic acids is 2. The number of allylic oxidation sites excluding steroid dienone is 2. The van der Waals surface area contributed by atoms with Crippen LogP contribution in [0.1, 0.15) is 37.8 Å². The van der Waals surface area contributed by atoms with Gasteiger partial charge in [-0.15, -0.1) is 0 Å². The summed E-state index contributed by atoms with van der Waals surface area (Å²) in [6.07, 6.45) is 3.94. The number of fused-ring (bicyclic) bond motifs is 1. The monoisotopic (exact) mass is 272 g/mol. The molecular formula is C17H20O3. The van der Waals surface area contributed by atoms with Crippen LogP contribution in [-0.2, 0) is 20.7 Å². The van der Waals surface area contributed by atoms with E-state index in [9.17, 15) is 9.59 Å². The summed E-state index contributed by atoms with van der Waals surface area (Å²) in [6.45, 7) is 3.92. The summed E-state index contributed by atoms with van der Waals surface area (Å²) in [7, 11) is 0. The lowest BCUT2D eigenvalue weighted by Gasteiger charge is -2.22. The quantitative estimate of drug-likeness (QED) is 0.611. The Hall–Kier alpha value is -1.90. The zero-order chi connectivity index (χ0) is 14.5. The van der Waals surface area contributed by atoms with Crippen molar-refractivity contribution in [1.82, 2.24) is 0 Å². The first-order valence-corrected chi connectivity index (χ1v) is 7.10. The molecule has 0 bridgehead atoms. The molecule has 3 heteroatoms. The molecule has 0 fully saturated rings. The average Bonchev–Trinajstić information content (AvgIpc) is 2.46. The summed E-state index contributed by atoms with van der Waals surface area (Å²) < 4.78 is 4.84. The van der Waals surface area contributed by atoms with E-state index in [4.69, 9.17) is 4.74 Å². The zero-order valence-electron chi connectivity index (χ0n) is 12.0. The highest BCUT2D eigenvalue weighted by molar-refractivity contribution is 6.02. The molecule has 3 nitrogen and oxygen atoms in total. The van der Waals surface area contributed by atoms with Crippen LogP contribution in [0.3, 0.4) is 0 Å². The molecule has 0 radical (unpaired) electrons. The summed E-state index contributed by atoms with van der Waals surface area (Å²) in [4.78, 5) is 23.6. The lowest BCUT2D eigenvalue weighted by atomic mass is 9.82. The van der Waals surface area contributed by atoms with Gasteiger partial charge in [0, 0.05) is 5.92 Å². The van der Waals surface area contributed by atoms with E-state index in [-0.39, 0.29) is 18.1 Å². The summed E-state index contributed by atoms with van der Waals surface area (Å²) >= 11 is 0. The number of hydrogen-bond donors (Lipinski definition) is 0. The van der Waals surface area contributed by atoms with Crippen molar-refractivity contribution in [3.8, 4) is 0 Å². The Morgan fingerprint density at radius 2 is 2.05 bits per heavy atom. The first-order valence-electron chi connectivity index (χ1n) is 7.10. The van der Waals surface area contributed by atoms with E-state index in [1.54, 1.807) is 6.92 Å². The van der Waals surface area contributed by atoms with Crippen LogP contribution in [0, 0.1) is 5.92 Å². The summed E-state index contributed by atoms with van der Waals surface area (Å²) in [5, 5.41) is 0. The normalized spacial score (nSPS) is 15.0. The zero-order valence-corrected chi connectivity index (χ0v) is 12.0. The van der Waals surface area contributed by atoms with Gasteiger partial charge in [-0.3, -0.25) is 9.59 Å². The second-order valence-electron chi connectivity index (χ2n) is 5.03. The Balaban J connectivity index is 2.13. The van der Waals surface area contributed by atoms with Crippen LogP contribution >= 0.6 is 0 Å². The van der Waals surface area contributed by atoms with Gasteiger partial charge in [0.05, 0.1) is 6.61 Å². The van der Waals surface area contributed by atoms with Gasteiger partial charge in [-0.05, 0) is 36.5 Å². The van der Waals surface area contributed by atoms with Crippen molar-refractivity contribution < 1.29 is 14.3 Å². The van der Waals surface area contributed by atoms with Crippen molar-refractivity contribution in [1.29, 1.82) is 0 Å². The molecule has 1 aromatic carbocycles. The fraction of sp³-hybridized carbons (Fsp3) is 0.412. The van der Waals surface area contributed by atoms with Crippen molar-refractivity contribution in [2.45, 2.75) is 33.1 Å². The number of Topliss-reactive ketones (excluding diaryl/α,β-unsaturated/α-hetero) is 1. The second-order valence-corrected chi connectivity index (χ2v) is 5.03. The third kappa shape index (κ3) is 3.16. The lowest BCUT2D eigenvalue weighted by molar-refractivity contribution is -0.145. The van der Waals surface area contributed by atoms with Gasteiger partial charge in [-0.25, -0.2) is 0 Å². The first-order chi connectivity index (χ1) is 9.63. The number of carbonyl (C=O) groups is 2. The second kappa shape index (κ2) is 6.51. The molecule has 20 heavy (non-hydrogen) atoms. The fourth-order valence-electron chi connectivity index (χ4n) is 2.60. The van der Waals surface area contributed by atoms with Crippen LogP contribution in [-0.4, -0.2) is 18.4 Å². The van der Waals surface area contributed by atoms with E-state index in [1.165, 1.54) is 5.56 Å². The van der Waals surface area contributed by atoms with Crippen LogP contribution in [0.2, 0.25) is 0 Å². The minimum absolute atomic E-state index is 0.0774. The number of benzene rings is 1. The smallest absolute Gasteiger partial charge is 0.313 e. The maximum absolute atomic E-state index is 12.2. The molecule has 106 valence electrons. The van der Waals surface area contributed by atoms with Gasteiger partial charge in [-0.1, -0.05) is 37.3 Å². The molecule has 0 aliphatic heterocycles. The van der Waals surface area contributed by atoms with Crippen molar-refractivity contribution in [2.75, 3.05) is 6.61 Å². The first kappa shape index (κ1) is 14.5. The molecule has 0 spiro atoms. The molecule has 1 aliphatic rings. The molecule has 0 saturated carbocycles. The predicted octanol–water partition coefficient (Wildman–Crippen LogP) is 3.17. The van der Waals surface area contributed by atoms with Gasteiger partial charge in [-0.2, -0.15) is 0 Å². The number of ether oxygens (including phenoxy) is 1. The molecule has 0 saturated heterocycles. The van der Waals surface area contributed by atoms with E-state index in [0.717, 1.165) is 24.0 Å². The van der Waals surface area contributed by atoms with Gasteiger partial charge in [0.2, 0.25) is 0 Å². The molecule has 0 aromatic heterocycles. The Bertz CT molecular complexity index is 543. The molecule has 0 N–H and O–H groups in total. The highest BCUT2D eigenvalue weighted by Gasteiger charge is 2.24. The molecule has 2 rings (SSSR count). The highest BCUT2D eigenvalue weighted by atomic mass is 16.5. The van der Waals surface area contributed by atoms with E-state index in [2.05, 4.69) is 18.2 Å². The maximum Gasteiger partial charge on any atom is 0.313 e. The molecule has 1 aliphatic carbocycles. The minimum Gasteiger partial charge on any atom is -0.466 e. The molecule has 1 atom stereocenters. The average molecular weight is 272 g/mol. The third-order valence-electron chi connectivity index (χ3n) is 3.68.